The molecule has 0 aromatic heterocycles. The van der Waals surface area contributed by atoms with Gasteiger partial charge < -0.3 is 4.74 Å². The van der Waals surface area contributed by atoms with Crippen LogP contribution in [0.1, 0.15) is 66.7 Å². The highest BCUT2D eigenvalue weighted by Gasteiger charge is 2.23. The highest BCUT2D eigenvalue weighted by Crippen LogP contribution is 2.40. The molecule has 0 aliphatic heterocycles. The Labute approximate surface area is 164 Å². The molecule has 0 heterocycles. The van der Waals surface area contributed by atoms with Crippen molar-refractivity contribution in [2.24, 2.45) is 0 Å². The summed E-state index contributed by atoms with van der Waals surface area (Å²) in [5.41, 5.74) is 5.62. The third-order valence-electron chi connectivity index (χ3n) is 5.73. The van der Waals surface area contributed by atoms with Crippen LogP contribution in [0.3, 0.4) is 0 Å². The summed E-state index contributed by atoms with van der Waals surface area (Å²) in [6.07, 6.45) is 12.2. The normalized spacial score (nSPS) is 20.0. The lowest BCUT2D eigenvalue weighted by molar-refractivity contribution is 0.148. The molecule has 0 saturated heterocycles. The van der Waals surface area contributed by atoms with E-state index in [1.54, 1.807) is 0 Å². The van der Waals surface area contributed by atoms with Gasteiger partial charge in [-0.25, -0.2) is 0 Å². The standard InChI is InChI=1S/C26H32O/c1-3-5-19-27-20-22-9-13-24(14-10-22)26-17-15-25(16-18-26)23-11-7-21(6-4-2)8-12-23/h3-5,7-14,25-26H,2,6,15-20H2,1H3. The summed E-state index contributed by atoms with van der Waals surface area (Å²) in [5, 5.41) is 0. The molecule has 0 bridgehead atoms. The zero-order valence-corrected chi connectivity index (χ0v) is 16.6. The van der Waals surface area contributed by atoms with Gasteiger partial charge in [0.2, 0.25) is 0 Å². The second kappa shape index (κ2) is 10.3. The van der Waals surface area contributed by atoms with Crippen molar-refractivity contribution in [2.45, 2.75) is 57.5 Å². The molecule has 2 aromatic rings. The van der Waals surface area contributed by atoms with E-state index in [1.807, 2.05) is 25.2 Å². The largest absolute Gasteiger partial charge is 0.373 e. The molecule has 0 atom stereocenters. The van der Waals surface area contributed by atoms with E-state index in [2.05, 4.69) is 55.1 Å². The van der Waals surface area contributed by atoms with Crippen LogP contribution in [0, 0.1) is 0 Å². The lowest BCUT2D eigenvalue weighted by atomic mass is 9.76. The van der Waals surface area contributed by atoms with Gasteiger partial charge >= 0.3 is 0 Å². The van der Waals surface area contributed by atoms with Gasteiger partial charge in [0.15, 0.2) is 0 Å². The minimum atomic E-state index is 0.691. The maximum atomic E-state index is 5.64. The van der Waals surface area contributed by atoms with Crippen molar-refractivity contribution < 1.29 is 4.74 Å². The van der Waals surface area contributed by atoms with E-state index in [0.29, 0.717) is 19.1 Å². The van der Waals surface area contributed by atoms with Gasteiger partial charge in [0.1, 0.15) is 0 Å². The molecular formula is C26H32O. The minimum Gasteiger partial charge on any atom is -0.373 e. The molecule has 1 fully saturated rings. The van der Waals surface area contributed by atoms with E-state index in [4.69, 9.17) is 4.74 Å². The molecular weight excluding hydrogens is 328 g/mol. The number of benzene rings is 2. The fourth-order valence-electron chi connectivity index (χ4n) is 4.08. The molecule has 1 saturated carbocycles. The van der Waals surface area contributed by atoms with Crippen LogP contribution in [0.15, 0.2) is 73.3 Å². The Kier molecular flexibility index (Phi) is 7.47. The van der Waals surface area contributed by atoms with Crippen molar-refractivity contribution in [2.75, 3.05) is 6.61 Å². The van der Waals surface area contributed by atoms with E-state index in [1.165, 1.54) is 47.9 Å². The molecule has 0 unspecified atom stereocenters. The number of hydrogen-bond donors (Lipinski definition) is 0. The second-order valence-corrected chi connectivity index (χ2v) is 7.61. The van der Waals surface area contributed by atoms with Gasteiger partial charge in [0, 0.05) is 0 Å². The Morgan fingerprint density at radius 1 is 0.852 bits per heavy atom. The molecule has 3 rings (SSSR count). The summed E-state index contributed by atoms with van der Waals surface area (Å²) in [6.45, 7) is 7.23. The Hall–Kier alpha value is -2.12. The fourth-order valence-corrected chi connectivity index (χ4v) is 4.08. The first-order valence-electron chi connectivity index (χ1n) is 10.3. The smallest absolute Gasteiger partial charge is 0.0721 e. The number of rotatable bonds is 8. The Balaban J connectivity index is 1.50. The maximum absolute atomic E-state index is 5.64. The van der Waals surface area contributed by atoms with Crippen molar-refractivity contribution in [3.63, 3.8) is 0 Å². The van der Waals surface area contributed by atoms with Gasteiger partial charge in [-0.05, 0) is 73.1 Å². The molecule has 0 radical (unpaired) electrons. The van der Waals surface area contributed by atoms with E-state index >= 15 is 0 Å². The third-order valence-corrected chi connectivity index (χ3v) is 5.73. The van der Waals surface area contributed by atoms with Gasteiger partial charge in [0.05, 0.1) is 13.2 Å². The number of allylic oxidation sites excluding steroid dienone is 2. The highest BCUT2D eigenvalue weighted by molar-refractivity contribution is 5.29. The summed E-state index contributed by atoms with van der Waals surface area (Å²) in [4.78, 5) is 0. The van der Waals surface area contributed by atoms with Gasteiger partial charge in [-0.15, -0.1) is 6.58 Å². The molecule has 0 amide bonds. The van der Waals surface area contributed by atoms with Crippen LogP contribution in [0.25, 0.3) is 0 Å². The second-order valence-electron chi connectivity index (χ2n) is 7.61. The Morgan fingerprint density at radius 2 is 1.37 bits per heavy atom. The first-order valence-corrected chi connectivity index (χ1v) is 10.3. The fraction of sp³-hybridized carbons (Fsp3) is 0.385. The average Bonchev–Trinajstić information content (AvgIpc) is 2.73. The Bertz CT molecular complexity index is 716. The summed E-state index contributed by atoms with van der Waals surface area (Å²) in [7, 11) is 0. The lowest BCUT2D eigenvalue weighted by Crippen LogP contribution is -2.12. The summed E-state index contributed by atoms with van der Waals surface area (Å²) >= 11 is 0. The molecule has 1 aliphatic carbocycles. The Morgan fingerprint density at radius 3 is 1.85 bits per heavy atom. The average molecular weight is 361 g/mol. The highest BCUT2D eigenvalue weighted by atomic mass is 16.5. The van der Waals surface area contributed by atoms with Gasteiger partial charge in [-0.2, -0.15) is 0 Å². The quantitative estimate of drug-likeness (QED) is 0.365. The van der Waals surface area contributed by atoms with Gasteiger partial charge in [-0.1, -0.05) is 66.8 Å². The zero-order chi connectivity index (χ0) is 18.9. The predicted octanol–water partition coefficient (Wildman–Crippen LogP) is 6.95. The van der Waals surface area contributed by atoms with Gasteiger partial charge in [0.25, 0.3) is 0 Å². The summed E-state index contributed by atoms with van der Waals surface area (Å²) in [6, 6.07) is 18.3. The zero-order valence-electron chi connectivity index (χ0n) is 16.6. The predicted molar refractivity (Wildman–Crippen MR) is 115 cm³/mol. The SMILES string of the molecule is C=CCc1ccc(C2CCC(c3ccc(COCC=CC)cc3)CC2)cc1. The molecule has 0 N–H and O–H groups in total. The molecule has 0 spiro atoms. The van der Waals surface area contributed by atoms with E-state index in [9.17, 15) is 0 Å². The van der Waals surface area contributed by atoms with Crippen LogP contribution in [0.4, 0.5) is 0 Å². The van der Waals surface area contributed by atoms with E-state index in [0.717, 1.165) is 12.3 Å². The number of hydrogen-bond acceptors (Lipinski definition) is 1. The number of ether oxygens (including phenoxy) is 1. The molecule has 27 heavy (non-hydrogen) atoms. The topological polar surface area (TPSA) is 9.23 Å². The van der Waals surface area contributed by atoms with Crippen molar-refractivity contribution in [1.29, 1.82) is 0 Å². The molecule has 142 valence electrons. The van der Waals surface area contributed by atoms with E-state index in [-0.39, 0.29) is 0 Å². The van der Waals surface area contributed by atoms with Gasteiger partial charge in [-0.3, -0.25) is 0 Å². The van der Waals surface area contributed by atoms with Crippen molar-refractivity contribution in [3.8, 4) is 0 Å². The van der Waals surface area contributed by atoms with Crippen LogP contribution in [-0.4, -0.2) is 6.61 Å². The first-order chi connectivity index (χ1) is 13.3. The van der Waals surface area contributed by atoms with Crippen LogP contribution in [-0.2, 0) is 17.8 Å². The van der Waals surface area contributed by atoms with Crippen LogP contribution < -0.4 is 0 Å². The first kappa shape index (κ1) is 19.6. The van der Waals surface area contributed by atoms with Crippen LogP contribution in [0.2, 0.25) is 0 Å². The minimum absolute atomic E-state index is 0.691. The summed E-state index contributed by atoms with van der Waals surface area (Å²) < 4.78 is 5.64. The third kappa shape index (κ3) is 5.68. The maximum Gasteiger partial charge on any atom is 0.0721 e. The molecule has 2 aromatic carbocycles. The molecule has 1 heteroatoms. The molecule has 1 aliphatic rings. The molecule has 1 nitrogen and oxygen atoms in total. The van der Waals surface area contributed by atoms with E-state index < -0.39 is 0 Å². The van der Waals surface area contributed by atoms with Crippen LogP contribution >= 0.6 is 0 Å². The lowest BCUT2D eigenvalue weighted by Gasteiger charge is -2.29. The monoisotopic (exact) mass is 360 g/mol. The van der Waals surface area contributed by atoms with Crippen LogP contribution in [0.5, 0.6) is 0 Å². The van der Waals surface area contributed by atoms with Crippen molar-refractivity contribution >= 4 is 0 Å². The van der Waals surface area contributed by atoms with Crippen molar-refractivity contribution in [1.82, 2.24) is 0 Å². The van der Waals surface area contributed by atoms with Crippen molar-refractivity contribution in [3.05, 3.63) is 95.6 Å². The summed E-state index contributed by atoms with van der Waals surface area (Å²) in [5.74, 6) is 1.43.